The van der Waals surface area contributed by atoms with E-state index >= 15 is 0 Å². The summed E-state index contributed by atoms with van der Waals surface area (Å²) in [5, 5.41) is 13.6. The number of fused-ring (bicyclic) bond motifs is 1. The number of hydrogen-bond donors (Lipinski definition) is 1. The van der Waals surface area contributed by atoms with Crippen molar-refractivity contribution in [3.8, 4) is 11.5 Å². The predicted molar refractivity (Wildman–Crippen MR) is 135 cm³/mol. The Balaban J connectivity index is 1.65. The van der Waals surface area contributed by atoms with Gasteiger partial charge < -0.3 is 14.8 Å². The van der Waals surface area contributed by atoms with Crippen LogP contribution in [0.4, 0.5) is 11.4 Å². The Labute approximate surface area is 209 Å². The maximum absolute atomic E-state index is 13.4. The number of ether oxygens (including phenoxy) is 2. The van der Waals surface area contributed by atoms with E-state index in [-0.39, 0.29) is 29.0 Å². The van der Waals surface area contributed by atoms with Crippen molar-refractivity contribution in [3.05, 3.63) is 97.3 Å². The van der Waals surface area contributed by atoms with Crippen molar-refractivity contribution in [1.29, 1.82) is 0 Å². The van der Waals surface area contributed by atoms with Crippen LogP contribution >= 0.6 is 0 Å². The largest absolute Gasteiger partial charge is 0.493 e. The van der Waals surface area contributed by atoms with Crippen LogP contribution in [0.5, 0.6) is 11.5 Å². The molecule has 2 aromatic heterocycles. The summed E-state index contributed by atoms with van der Waals surface area (Å²) in [6.45, 7) is -0.396. The molecule has 2 heterocycles. The number of non-ortho nitro benzene ring substituents is 1. The normalized spacial score (nSPS) is 10.8. The van der Waals surface area contributed by atoms with E-state index in [4.69, 9.17) is 9.47 Å². The van der Waals surface area contributed by atoms with Gasteiger partial charge in [-0.15, -0.1) is 0 Å². The minimum absolute atomic E-state index is 0.0339. The highest BCUT2D eigenvalue weighted by Crippen LogP contribution is 2.27. The van der Waals surface area contributed by atoms with Crippen molar-refractivity contribution < 1.29 is 19.2 Å². The molecule has 0 fully saturated rings. The molecule has 12 nitrogen and oxygen atoms in total. The van der Waals surface area contributed by atoms with Crippen LogP contribution in [0.3, 0.4) is 0 Å². The van der Waals surface area contributed by atoms with E-state index in [2.05, 4.69) is 10.3 Å². The van der Waals surface area contributed by atoms with Crippen molar-refractivity contribution in [2.24, 2.45) is 0 Å². The molecule has 0 aliphatic rings. The molecular weight excluding hydrogens is 482 g/mol. The fourth-order valence-corrected chi connectivity index (χ4v) is 3.91. The van der Waals surface area contributed by atoms with E-state index < -0.39 is 28.6 Å². The van der Waals surface area contributed by atoms with Crippen LogP contribution in [0.2, 0.25) is 0 Å². The van der Waals surface area contributed by atoms with Crippen LogP contribution in [-0.2, 0) is 24.3 Å². The Kier molecular flexibility index (Phi) is 7.28. The SMILES string of the molecule is COc1ccc(CCn2c(=O)c3ncccc3n(CC(=O)Nc3cccc([N+](=O)[O-])c3)c2=O)cc1OC. The average Bonchev–Trinajstić information content (AvgIpc) is 2.91. The van der Waals surface area contributed by atoms with Gasteiger partial charge in [-0.25, -0.2) is 9.78 Å². The van der Waals surface area contributed by atoms with Crippen molar-refractivity contribution in [2.45, 2.75) is 19.5 Å². The number of methoxy groups -OCH3 is 2. The topological polar surface area (TPSA) is 148 Å². The number of nitrogens with one attached hydrogen (secondary N) is 1. The fraction of sp³-hybridized carbons (Fsp3) is 0.200. The molecule has 12 heteroatoms. The van der Waals surface area contributed by atoms with Gasteiger partial charge in [0.1, 0.15) is 6.54 Å². The zero-order chi connectivity index (χ0) is 26.5. The summed E-state index contributed by atoms with van der Waals surface area (Å²) < 4.78 is 12.7. The van der Waals surface area contributed by atoms with Crippen molar-refractivity contribution in [3.63, 3.8) is 0 Å². The van der Waals surface area contributed by atoms with Gasteiger partial charge in [0.25, 0.3) is 11.2 Å². The number of pyridine rings is 1. The first kappa shape index (κ1) is 25.1. The van der Waals surface area contributed by atoms with Crippen molar-refractivity contribution >= 4 is 28.3 Å². The number of aryl methyl sites for hydroxylation is 1. The highest BCUT2D eigenvalue weighted by molar-refractivity contribution is 5.91. The molecule has 1 amide bonds. The van der Waals surface area contributed by atoms with Gasteiger partial charge in [0.05, 0.1) is 24.7 Å². The Morgan fingerprint density at radius 1 is 1.03 bits per heavy atom. The van der Waals surface area contributed by atoms with Gasteiger partial charge in [0, 0.05) is 30.6 Å². The smallest absolute Gasteiger partial charge is 0.332 e. The van der Waals surface area contributed by atoms with Crippen molar-refractivity contribution in [1.82, 2.24) is 14.1 Å². The maximum atomic E-state index is 13.4. The van der Waals surface area contributed by atoms with E-state index in [1.165, 1.54) is 50.7 Å². The molecule has 0 atom stereocenters. The monoisotopic (exact) mass is 505 g/mol. The first-order valence-corrected chi connectivity index (χ1v) is 11.2. The molecule has 4 rings (SSSR count). The Bertz CT molecular complexity index is 1610. The standard InChI is InChI=1S/C25H23N5O7/c1-36-20-9-8-16(13-21(20)37-2)10-12-28-24(32)23-19(7-4-11-26-23)29(25(28)33)15-22(31)27-17-5-3-6-18(14-17)30(34)35/h3-9,11,13-14H,10,12,15H2,1-2H3,(H,27,31). The number of nitro benzene ring substituents is 1. The van der Waals surface area contributed by atoms with Crippen LogP contribution in [0.15, 0.2) is 70.4 Å². The van der Waals surface area contributed by atoms with Gasteiger partial charge in [-0.1, -0.05) is 12.1 Å². The zero-order valence-corrected chi connectivity index (χ0v) is 20.0. The van der Waals surface area contributed by atoms with Gasteiger partial charge in [-0.05, 0) is 42.3 Å². The lowest BCUT2D eigenvalue weighted by atomic mass is 10.1. The summed E-state index contributed by atoms with van der Waals surface area (Å²) in [7, 11) is 3.04. The second-order valence-corrected chi connectivity index (χ2v) is 7.99. The summed E-state index contributed by atoms with van der Waals surface area (Å²) in [4.78, 5) is 53.8. The average molecular weight is 505 g/mol. The third kappa shape index (κ3) is 5.32. The summed E-state index contributed by atoms with van der Waals surface area (Å²) >= 11 is 0. The van der Waals surface area contributed by atoms with E-state index in [9.17, 15) is 24.5 Å². The Morgan fingerprint density at radius 3 is 2.54 bits per heavy atom. The molecule has 0 spiro atoms. The highest BCUT2D eigenvalue weighted by atomic mass is 16.6. The molecular formula is C25H23N5O7. The van der Waals surface area contributed by atoms with Crippen LogP contribution in [0, 0.1) is 10.1 Å². The Hall–Kier alpha value is -5.00. The number of benzene rings is 2. The maximum Gasteiger partial charge on any atom is 0.332 e. The van der Waals surface area contributed by atoms with Crippen LogP contribution in [-0.4, -0.2) is 39.2 Å². The molecule has 1 N–H and O–H groups in total. The fourth-order valence-electron chi connectivity index (χ4n) is 3.91. The molecule has 0 aliphatic heterocycles. The van der Waals surface area contributed by atoms with Gasteiger partial charge in [-0.2, -0.15) is 0 Å². The van der Waals surface area contributed by atoms with Gasteiger partial charge in [-0.3, -0.25) is 28.8 Å². The number of carbonyl (C=O) groups excluding carboxylic acids is 1. The highest BCUT2D eigenvalue weighted by Gasteiger charge is 2.17. The number of hydrogen-bond acceptors (Lipinski definition) is 8. The van der Waals surface area contributed by atoms with Crippen LogP contribution in [0.1, 0.15) is 5.56 Å². The number of aromatic nitrogens is 3. The summed E-state index contributed by atoms with van der Waals surface area (Å²) in [6, 6.07) is 13.8. The summed E-state index contributed by atoms with van der Waals surface area (Å²) in [5.74, 6) is 0.469. The molecule has 0 radical (unpaired) electrons. The van der Waals surface area contributed by atoms with Gasteiger partial charge in [0.2, 0.25) is 5.91 Å². The molecule has 0 saturated carbocycles. The molecule has 0 bridgehead atoms. The third-order valence-corrected chi connectivity index (χ3v) is 5.70. The molecule has 37 heavy (non-hydrogen) atoms. The predicted octanol–water partition coefficient (Wildman–Crippen LogP) is 2.37. The number of nitro groups is 1. The number of rotatable bonds is 9. The summed E-state index contributed by atoms with van der Waals surface area (Å²) in [6.07, 6.45) is 1.76. The van der Waals surface area contributed by atoms with E-state index in [0.29, 0.717) is 17.9 Å². The number of carbonyl (C=O) groups is 1. The number of anilines is 1. The van der Waals surface area contributed by atoms with E-state index in [1.807, 2.05) is 0 Å². The van der Waals surface area contributed by atoms with Gasteiger partial charge in [0.15, 0.2) is 17.0 Å². The molecule has 2 aromatic carbocycles. The third-order valence-electron chi connectivity index (χ3n) is 5.70. The van der Waals surface area contributed by atoms with E-state index in [0.717, 1.165) is 14.7 Å². The summed E-state index contributed by atoms with van der Waals surface area (Å²) in [5.41, 5.74) is -0.187. The zero-order valence-electron chi connectivity index (χ0n) is 20.0. The lowest BCUT2D eigenvalue weighted by molar-refractivity contribution is -0.384. The molecule has 4 aromatic rings. The molecule has 0 unspecified atom stereocenters. The molecule has 0 aliphatic carbocycles. The second kappa shape index (κ2) is 10.7. The first-order valence-electron chi connectivity index (χ1n) is 11.2. The van der Waals surface area contributed by atoms with Crippen molar-refractivity contribution in [2.75, 3.05) is 19.5 Å². The minimum atomic E-state index is -0.680. The minimum Gasteiger partial charge on any atom is -0.493 e. The Morgan fingerprint density at radius 2 is 1.81 bits per heavy atom. The number of nitrogens with zero attached hydrogens (tertiary/aromatic N) is 4. The lowest BCUT2D eigenvalue weighted by Gasteiger charge is -2.14. The second-order valence-electron chi connectivity index (χ2n) is 7.99. The first-order chi connectivity index (χ1) is 17.8. The van der Waals surface area contributed by atoms with Crippen LogP contribution < -0.4 is 26.0 Å². The van der Waals surface area contributed by atoms with Gasteiger partial charge >= 0.3 is 5.69 Å². The van der Waals surface area contributed by atoms with Crippen LogP contribution in [0.25, 0.3) is 11.0 Å². The lowest BCUT2D eigenvalue weighted by Crippen LogP contribution is -2.42. The number of amides is 1. The molecule has 0 saturated heterocycles. The van der Waals surface area contributed by atoms with E-state index in [1.54, 1.807) is 24.3 Å². The molecule has 190 valence electrons. The quantitative estimate of drug-likeness (QED) is 0.269.